The Balaban J connectivity index is 1.57. The third-order valence-corrected chi connectivity index (χ3v) is 5.53. The van der Waals surface area contributed by atoms with E-state index in [0.717, 1.165) is 5.56 Å². The monoisotopic (exact) mass is 447 g/mol. The molecule has 34 heavy (non-hydrogen) atoms. The molecule has 168 valence electrons. The Morgan fingerprint density at radius 1 is 0.500 bits per heavy atom. The number of rotatable bonds is 9. The average molecular weight is 448 g/mol. The standard InChI is InChI=1S/C30H25NO3/c32-28(25-12-6-2-7-13-25)19-23-16-24(20-29(33)26-14-8-3-9-15-26)18-27(17-23)30(34)31-21-22-10-4-1-5-11-22/h1-18H,19-21H2,(H,31,34). The van der Waals surface area contributed by atoms with E-state index in [-0.39, 0.29) is 30.3 Å². The first kappa shape index (κ1) is 22.9. The summed E-state index contributed by atoms with van der Waals surface area (Å²) in [6, 6.07) is 33.1. The molecule has 4 aromatic carbocycles. The Morgan fingerprint density at radius 3 is 1.41 bits per heavy atom. The Labute approximate surface area is 199 Å². The fraction of sp³-hybridized carbons (Fsp3) is 0.100. The summed E-state index contributed by atoms with van der Waals surface area (Å²) in [6.45, 7) is 0.394. The highest BCUT2D eigenvalue weighted by atomic mass is 16.1. The predicted molar refractivity (Wildman–Crippen MR) is 133 cm³/mol. The van der Waals surface area contributed by atoms with Crippen molar-refractivity contribution >= 4 is 17.5 Å². The highest BCUT2D eigenvalue weighted by Gasteiger charge is 2.15. The van der Waals surface area contributed by atoms with Gasteiger partial charge in [0.05, 0.1) is 0 Å². The van der Waals surface area contributed by atoms with Gasteiger partial charge in [-0.15, -0.1) is 0 Å². The van der Waals surface area contributed by atoms with Crippen molar-refractivity contribution in [2.24, 2.45) is 0 Å². The molecule has 0 aliphatic rings. The SMILES string of the molecule is O=C(Cc1cc(CC(=O)c2ccccc2)cc(C(=O)NCc2ccccc2)c1)c1ccccc1. The largest absolute Gasteiger partial charge is 0.348 e. The Hall–Kier alpha value is -4.31. The van der Waals surface area contributed by atoms with E-state index in [1.165, 1.54) is 0 Å². The summed E-state index contributed by atoms with van der Waals surface area (Å²) < 4.78 is 0. The molecule has 0 atom stereocenters. The third-order valence-electron chi connectivity index (χ3n) is 5.53. The van der Waals surface area contributed by atoms with Crippen LogP contribution in [-0.2, 0) is 19.4 Å². The number of hydrogen-bond donors (Lipinski definition) is 1. The normalized spacial score (nSPS) is 10.5. The van der Waals surface area contributed by atoms with Crippen LogP contribution in [0.2, 0.25) is 0 Å². The van der Waals surface area contributed by atoms with E-state index in [2.05, 4.69) is 5.32 Å². The second-order valence-electron chi connectivity index (χ2n) is 8.14. The first-order valence-electron chi connectivity index (χ1n) is 11.2. The van der Waals surface area contributed by atoms with Crippen molar-refractivity contribution in [1.82, 2.24) is 5.32 Å². The van der Waals surface area contributed by atoms with Crippen molar-refractivity contribution in [3.63, 3.8) is 0 Å². The van der Waals surface area contributed by atoms with Gasteiger partial charge in [0.2, 0.25) is 0 Å². The second kappa shape index (κ2) is 11.0. The number of carbonyl (C=O) groups is 3. The summed E-state index contributed by atoms with van der Waals surface area (Å²) in [5.74, 6) is -0.322. The summed E-state index contributed by atoms with van der Waals surface area (Å²) >= 11 is 0. The lowest BCUT2D eigenvalue weighted by atomic mass is 9.95. The van der Waals surface area contributed by atoms with Gasteiger partial charge in [-0.2, -0.15) is 0 Å². The van der Waals surface area contributed by atoms with Gasteiger partial charge < -0.3 is 5.32 Å². The van der Waals surface area contributed by atoms with Gasteiger partial charge in [-0.05, 0) is 28.8 Å². The Bertz CT molecular complexity index is 1210. The maximum Gasteiger partial charge on any atom is 0.251 e. The number of nitrogens with one attached hydrogen (secondary N) is 1. The van der Waals surface area contributed by atoms with Gasteiger partial charge >= 0.3 is 0 Å². The maximum absolute atomic E-state index is 13.0. The molecule has 1 amide bonds. The average Bonchev–Trinajstić information content (AvgIpc) is 2.88. The molecule has 0 fully saturated rings. The molecule has 0 bridgehead atoms. The minimum Gasteiger partial charge on any atom is -0.348 e. The van der Waals surface area contributed by atoms with Crippen LogP contribution in [0.25, 0.3) is 0 Å². The minimum atomic E-state index is -0.244. The molecular formula is C30H25NO3. The lowest BCUT2D eigenvalue weighted by molar-refractivity contribution is 0.0945. The van der Waals surface area contributed by atoms with Gasteiger partial charge in [-0.3, -0.25) is 14.4 Å². The zero-order chi connectivity index (χ0) is 23.8. The molecular weight excluding hydrogens is 422 g/mol. The van der Waals surface area contributed by atoms with Crippen LogP contribution in [0.4, 0.5) is 0 Å². The third kappa shape index (κ3) is 6.14. The van der Waals surface area contributed by atoms with E-state index >= 15 is 0 Å². The van der Waals surface area contributed by atoms with Gasteiger partial charge in [0.15, 0.2) is 11.6 Å². The van der Waals surface area contributed by atoms with Crippen molar-refractivity contribution in [2.45, 2.75) is 19.4 Å². The molecule has 4 rings (SSSR count). The molecule has 4 aromatic rings. The molecule has 0 aliphatic heterocycles. The van der Waals surface area contributed by atoms with E-state index in [4.69, 9.17) is 0 Å². The predicted octanol–water partition coefficient (Wildman–Crippen LogP) is 5.47. The second-order valence-corrected chi connectivity index (χ2v) is 8.14. The summed E-state index contributed by atoms with van der Waals surface area (Å²) in [5, 5.41) is 2.93. The molecule has 0 unspecified atom stereocenters. The first-order chi connectivity index (χ1) is 16.6. The number of ketones is 2. The van der Waals surface area contributed by atoms with Crippen molar-refractivity contribution < 1.29 is 14.4 Å². The number of Topliss-reactive ketones (excluding diaryl/α,β-unsaturated/α-hetero) is 2. The van der Waals surface area contributed by atoms with Crippen molar-refractivity contribution in [1.29, 1.82) is 0 Å². The van der Waals surface area contributed by atoms with E-state index in [9.17, 15) is 14.4 Å². The van der Waals surface area contributed by atoms with E-state index in [1.54, 1.807) is 36.4 Å². The van der Waals surface area contributed by atoms with Gasteiger partial charge in [-0.1, -0.05) is 97.1 Å². The van der Waals surface area contributed by atoms with Gasteiger partial charge in [0.25, 0.3) is 5.91 Å². The van der Waals surface area contributed by atoms with Gasteiger partial charge in [0, 0.05) is 36.1 Å². The number of amides is 1. The van der Waals surface area contributed by atoms with Crippen LogP contribution in [0, 0.1) is 0 Å². The zero-order valence-electron chi connectivity index (χ0n) is 18.7. The zero-order valence-corrected chi connectivity index (χ0v) is 18.7. The van der Waals surface area contributed by atoms with Crippen LogP contribution in [-0.4, -0.2) is 17.5 Å². The van der Waals surface area contributed by atoms with Crippen molar-refractivity contribution in [2.75, 3.05) is 0 Å². The molecule has 0 saturated heterocycles. The highest BCUT2D eigenvalue weighted by Crippen LogP contribution is 2.17. The first-order valence-corrected chi connectivity index (χ1v) is 11.2. The molecule has 0 aliphatic carbocycles. The quantitative estimate of drug-likeness (QED) is 0.346. The molecule has 4 heteroatoms. The lowest BCUT2D eigenvalue weighted by Crippen LogP contribution is -2.23. The van der Waals surface area contributed by atoms with E-state index in [0.29, 0.717) is 34.4 Å². The van der Waals surface area contributed by atoms with Crippen molar-refractivity contribution in [3.8, 4) is 0 Å². The fourth-order valence-corrected chi connectivity index (χ4v) is 3.80. The van der Waals surface area contributed by atoms with Crippen LogP contribution in [0.15, 0.2) is 109 Å². The van der Waals surface area contributed by atoms with Gasteiger partial charge in [-0.25, -0.2) is 0 Å². The summed E-state index contributed by atoms with van der Waals surface area (Å²) in [5.41, 5.74) is 4.07. The molecule has 1 N–H and O–H groups in total. The van der Waals surface area contributed by atoms with Gasteiger partial charge in [0.1, 0.15) is 0 Å². The smallest absolute Gasteiger partial charge is 0.251 e. The molecule has 0 radical (unpaired) electrons. The van der Waals surface area contributed by atoms with E-state index < -0.39 is 0 Å². The molecule has 4 nitrogen and oxygen atoms in total. The summed E-state index contributed by atoms with van der Waals surface area (Å²) in [7, 11) is 0. The topological polar surface area (TPSA) is 63.2 Å². The van der Waals surface area contributed by atoms with Crippen molar-refractivity contribution in [3.05, 3.63) is 143 Å². The molecule has 0 saturated carbocycles. The Kier molecular flexibility index (Phi) is 7.41. The molecule has 0 heterocycles. The van der Waals surface area contributed by atoms with Crippen LogP contribution in [0.1, 0.15) is 47.8 Å². The molecule has 0 aromatic heterocycles. The van der Waals surface area contributed by atoms with Crippen LogP contribution >= 0.6 is 0 Å². The summed E-state index contributed by atoms with van der Waals surface area (Å²) in [4.78, 5) is 38.5. The fourth-order valence-electron chi connectivity index (χ4n) is 3.80. The summed E-state index contributed by atoms with van der Waals surface area (Å²) in [6.07, 6.45) is 0.298. The highest BCUT2D eigenvalue weighted by molar-refractivity contribution is 6.00. The van der Waals surface area contributed by atoms with E-state index in [1.807, 2.05) is 72.8 Å². The van der Waals surface area contributed by atoms with Crippen LogP contribution < -0.4 is 5.32 Å². The number of benzene rings is 4. The number of carbonyl (C=O) groups excluding carboxylic acids is 3. The van der Waals surface area contributed by atoms with Crippen LogP contribution in [0.3, 0.4) is 0 Å². The minimum absolute atomic E-state index is 0.0391. The lowest BCUT2D eigenvalue weighted by Gasteiger charge is -2.11. The maximum atomic E-state index is 13.0. The van der Waals surface area contributed by atoms with Crippen LogP contribution in [0.5, 0.6) is 0 Å². The number of hydrogen-bond acceptors (Lipinski definition) is 3. The Morgan fingerprint density at radius 2 is 0.941 bits per heavy atom. The molecule has 0 spiro atoms.